The molecule has 1 aromatic rings. The SMILES string of the molecule is COC(=O)C1CC(F)(c2ccccn2)C1. The fourth-order valence-electron chi connectivity index (χ4n) is 1.89. The molecule has 0 radical (unpaired) electrons. The molecule has 0 unspecified atom stereocenters. The number of hydrogen-bond acceptors (Lipinski definition) is 3. The Balaban J connectivity index is 2.06. The molecular formula is C11H12FNO2. The van der Waals surface area contributed by atoms with Crippen LogP contribution < -0.4 is 0 Å². The zero-order valence-electron chi connectivity index (χ0n) is 8.44. The average Bonchev–Trinajstić information content (AvgIpc) is 2.25. The molecule has 0 saturated heterocycles. The molecule has 0 N–H and O–H groups in total. The smallest absolute Gasteiger partial charge is 0.308 e. The third kappa shape index (κ3) is 1.71. The Morgan fingerprint density at radius 2 is 2.33 bits per heavy atom. The number of aromatic nitrogens is 1. The van der Waals surface area contributed by atoms with Crippen LogP contribution in [-0.2, 0) is 15.2 Å². The quantitative estimate of drug-likeness (QED) is 0.697. The molecule has 1 aliphatic carbocycles. The maximum atomic E-state index is 14.1. The molecule has 80 valence electrons. The van der Waals surface area contributed by atoms with E-state index in [0.29, 0.717) is 5.69 Å². The van der Waals surface area contributed by atoms with Crippen LogP contribution in [0.4, 0.5) is 4.39 Å². The van der Waals surface area contributed by atoms with Crippen molar-refractivity contribution in [2.75, 3.05) is 7.11 Å². The van der Waals surface area contributed by atoms with Crippen LogP contribution in [0.25, 0.3) is 0 Å². The van der Waals surface area contributed by atoms with Gasteiger partial charge in [0.1, 0.15) is 0 Å². The number of pyridine rings is 1. The predicted octanol–water partition coefficient (Wildman–Crippen LogP) is 1.83. The second-order valence-corrected chi connectivity index (χ2v) is 3.81. The molecule has 0 atom stereocenters. The summed E-state index contributed by atoms with van der Waals surface area (Å²) in [5, 5.41) is 0. The second kappa shape index (κ2) is 3.61. The van der Waals surface area contributed by atoms with Gasteiger partial charge < -0.3 is 4.74 Å². The van der Waals surface area contributed by atoms with E-state index in [0.717, 1.165) is 0 Å². The third-order valence-electron chi connectivity index (χ3n) is 2.80. The standard InChI is InChI=1S/C11H12FNO2/c1-15-10(14)8-6-11(12,7-8)9-4-2-3-5-13-9/h2-5,8H,6-7H2,1H3. The minimum absolute atomic E-state index is 0.177. The van der Waals surface area contributed by atoms with E-state index in [1.54, 1.807) is 24.4 Å². The Bertz CT molecular complexity index is 360. The number of halogens is 1. The molecule has 0 aromatic carbocycles. The van der Waals surface area contributed by atoms with Gasteiger partial charge in [-0.3, -0.25) is 9.78 Å². The maximum Gasteiger partial charge on any atom is 0.308 e. The van der Waals surface area contributed by atoms with Crippen molar-refractivity contribution < 1.29 is 13.9 Å². The first-order valence-electron chi connectivity index (χ1n) is 4.84. The van der Waals surface area contributed by atoms with Gasteiger partial charge in [0.15, 0.2) is 5.67 Å². The maximum absolute atomic E-state index is 14.1. The van der Waals surface area contributed by atoms with E-state index < -0.39 is 5.67 Å². The summed E-state index contributed by atoms with van der Waals surface area (Å²) in [6.07, 6.45) is 1.91. The number of ether oxygens (including phenoxy) is 1. The monoisotopic (exact) mass is 209 g/mol. The fourth-order valence-corrected chi connectivity index (χ4v) is 1.89. The second-order valence-electron chi connectivity index (χ2n) is 3.81. The van der Waals surface area contributed by atoms with Gasteiger partial charge in [0.2, 0.25) is 0 Å². The number of methoxy groups -OCH3 is 1. The highest BCUT2D eigenvalue weighted by atomic mass is 19.1. The molecule has 1 aromatic heterocycles. The Labute approximate surface area is 87.3 Å². The molecule has 4 heteroatoms. The van der Waals surface area contributed by atoms with Crippen molar-refractivity contribution in [1.29, 1.82) is 0 Å². The first-order chi connectivity index (χ1) is 7.15. The van der Waals surface area contributed by atoms with Gasteiger partial charge >= 0.3 is 5.97 Å². The number of alkyl halides is 1. The van der Waals surface area contributed by atoms with Crippen LogP contribution in [0, 0.1) is 5.92 Å². The van der Waals surface area contributed by atoms with Gasteiger partial charge in [0.05, 0.1) is 18.7 Å². The summed E-state index contributed by atoms with van der Waals surface area (Å²) in [5.41, 5.74) is -1.04. The molecule has 15 heavy (non-hydrogen) atoms. The summed E-state index contributed by atoms with van der Waals surface area (Å²) in [6.45, 7) is 0. The molecule has 0 aliphatic heterocycles. The van der Waals surface area contributed by atoms with Gasteiger partial charge in [-0.2, -0.15) is 0 Å². The van der Waals surface area contributed by atoms with Crippen molar-refractivity contribution in [3.8, 4) is 0 Å². The molecule has 1 saturated carbocycles. The summed E-state index contributed by atoms with van der Waals surface area (Å²) in [5.74, 6) is -0.652. The van der Waals surface area contributed by atoms with E-state index in [9.17, 15) is 9.18 Å². The number of carbonyl (C=O) groups excluding carboxylic acids is 1. The van der Waals surface area contributed by atoms with Crippen LogP contribution in [-0.4, -0.2) is 18.1 Å². The predicted molar refractivity (Wildman–Crippen MR) is 51.8 cm³/mol. The van der Waals surface area contributed by atoms with Gasteiger partial charge in [-0.05, 0) is 12.1 Å². The molecule has 0 amide bonds. The summed E-state index contributed by atoms with van der Waals surface area (Å²) < 4.78 is 18.7. The largest absolute Gasteiger partial charge is 0.469 e. The van der Waals surface area contributed by atoms with Gasteiger partial charge in [-0.15, -0.1) is 0 Å². The van der Waals surface area contributed by atoms with Crippen LogP contribution >= 0.6 is 0 Å². The Morgan fingerprint density at radius 1 is 1.60 bits per heavy atom. The number of nitrogens with zero attached hydrogens (tertiary/aromatic N) is 1. The topological polar surface area (TPSA) is 39.2 Å². The molecule has 3 nitrogen and oxygen atoms in total. The molecule has 0 spiro atoms. The van der Waals surface area contributed by atoms with E-state index in [2.05, 4.69) is 9.72 Å². The number of rotatable bonds is 2. The van der Waals surface area contributed by atoms with Crippen LogP contribution in [0.3, 0.4) is 0 Å². The zero-order chi connectivity index (χ0) is 10.9. The van der Waals surface area contributed by atoms with Gasteiger partial charge in [-0.1, -0.05) is 6.07 Å². The molecule has 0 bridgehead atoms. The number of carbonyl (C=O) groups is 1. The summed E-state index contributed by atoms with van der Waals surface area (Å²) in [4.78, 5) is 15.1. The lowest BCUT2D eigenvalue weighted by Crippen LogP contribution is -2.42. The zero-order valence-corrected chi connectivity index (χ0v) is 8.44. The van der Waals surface area contributed by atoms with Crippen molar-refractivity contribution >= 4 is 5.97 Å². The van der Waals surface area contributed by atoms with Crippen LogP contribution in [0.1, 0.15) is 18.5 Å². The first-order valence-corrected chi connectivity index (χ1v) is 4.84. The third-order valence-corrected chi connectivity index (χ3v) is 2.80. The van der Waals surface area contributed by atoms with Crippen molar-refractivity contribution in [1.82, 2.24) is 4.98 Å². The van der Waals surface area contributed by atoms with E-state index >= 15 is 0 Å². The van der Waals surface area contributed by atoms with E-state index in [1.807, 2.05) is 0 Å². The number of esters is 1. The fraction of sp³-hybridized carbons (Fsp3) is 0.455. The Hall–Kier alpha value is -1.45. The van der Waals surface area contributed by atoms with Gasteiger partial charge in [0, 0.05) is 19.0 Å². The lowest BCUT2D eigenvalue weighted by atomic mass is 9.70. The van der Waals surface area contributed by atoms with Crippen LogP contribution in [0.15, 0.2) is 24.4 Å². The van der Waals surface area contributed by atoms with Gasteiger partial charge in [0.25, 0.3) is 0 Å². The summed E-state index contributed by atoms with van der Waals surface area (Å²) in [6, 6.07) is 5.13. The lowest BCUT2D eigenvalue weighted by molar-refractivity contribution is -0.156. The highest BCUT2D eigenvalue weighted by Gasteiger charge is 2.50. The van der Waals surface area contributed by atoms with E-state index in [4.69, 9.17) is 0 Å². The average molecular weight is 209 g/mol. The highest BCUT2D eigenvalue weighted by Crippen LogP contribution is 2.48. The number of hydrogen-bond donors (Lipinski definition) is 0. The first kappa shape index (κ1) is 10.1. The molecule has 1 aliphatic rings. The minimum Gasteiger partial charge on any atom is -0.469 e. The van der Waals surface area contributed by atoms with Crippen molar-refractivity contribution in [2.45, 2.75) is 18.5 Å². The lowest BCUT2D eigenvalue weighted by Gasteiger charge is -2.38. The molecular weight excluding hydrogens is 197 g/mol. The van der Waals surface area contributed by atoms with Crippen LogP contribution in [0.5, 0.6) is 0 Å². The molecule has 2 rings (SSSR count). The molecule has 1 fully saturated rings. The van der Waals surface area contributed by atoms with Crippen molar-refractivity contribution in [2.24, 2.45) is 5.92 Å². The normalized spacial score (nSPS) is 29.3. The van der Waals surface area contributed by atoms with Crippen molar-refractivity contribution in [3.05, 3.63) is 30.1 Å². The molecule has 1 heterocycles. The Kier molecular flexibility index (Phi) is 2.42. The summed E-state index contributed by atoms with van der Waals surface area (Å²) in [7, 11) is 1.32. The van der Waals surface area contributed by atoms with E-state index in [-0.39, 0.29) is 24.7 Å². The van der Waals surface area contributed by atoms with Crippen molar-refractivity contribution in [3.63, 3.8) is 0 Å². The Morgan fingerprint density at radius 3 is 2.87 bits per heavy atom. The highest BCUT2D eigenvalue weighted by molar-refractivity contribution is 5.74. The minimum atomic E-state index is -1.44. The van der Waals surface area contributed by atoms with E-state index in [1.165, 1.54) is 7.11 Å². The van der Waals surface area contributed by atoms with Crippen LogP contribution in [0.2, 0.25) is 0 Å². The van der Waals surface area contributed by atoms with Gasteiger partial charge in [-0.25, -0.2) is 4.39 Å². The summed E-state index contributed by atoms with van der Waals surface area (Å²) >= 11 is 0.